The number of rotatable bonds is 9. The molecule has 26 heavy (non-hydrogen) atoms. The smallest absolute Gasteiger partial charge is 0.234 e. The quantitative estimate of drug-likeness (QED) is 0.746. The minimum atomic E-state index is -0.0443. The average molecular weight is 358 g/mol. The molecule has 1 N–H and O–H groups in total. The standard InChI is InChI=1S/C20H26N2O4/c1-22(13-15-8-6-5-7-9-15)14-19(23)21-12-16-10-17(24-2)20(26-4)18(11-16)25-3/h5-11H,12-14H2,1-4H3,(H,21,23). The number of likely N-dealkylation sites (N-methyl/N-ethyl adjacent to an activating group) is 1. The number of nitrogens with one attached hydrogen (secondary N) is 1. The maximum Gasteiger partial charge on any atom is 0.234 e. The molecule has 0 aliphatic heterocycles. The topological polar surface area (TPSA) is 60.0 Å². The molecule has 0 spiro atoms. The summed E-state index contributed by atoms with van der Waals surface area (Å²) in [5.41, 5.74) is 2.05. The Hall–Kier alpha value is -2.73. The van der Waals surface area contributed by atoms with E-state index in [-0.39, 0.29) is 5.91 Å². The maximum atomic E-state index is 12.2. The highest BCUT2D eigenvalue weighted by Crippen LogP contribution is 2.38. The molecule has 2 aromatic carbocycles. The molecule has 0 bridgehead atoms. The third kappa shape index (κ3) is 5.39. The van der Waals surface area contributed by atoms with Crippen LogP contribution in [0.4, 0.5) is 0 Å². The molecule has 140 valence electrons. The van der Waals surface area contributed by atoms with E-state index in [2.05, 4.69) is 5.32 Å². The number of benzene rings is 2. The van der Waals surface area contributed by atoms with Gasteiger partial charge in [-0.05, 0) is 30.3 Å². The van der Waals surface area contributed by atoms with E-state index in [0.717, 1.165) is 12.1 Å². The molecule has 6 nitrogen and oxygen atoms in total. The summed E-state index contributed by atoms with van der Waals surface area (Å²) in [5.74, 6) is 1.62. The number of amides is 1. The predicted octanol–water partition coefficient (Wildman–Crippen LogP) is 2.46. The second-order valence-electron chi connectivity index (χ2n) is 5.97. The Labute approximate surface area is 154 Å². The molecular weight excluding hydrogens is 332 g/mol. The summed E-state index contributed by atoms with van der Waals surface area (Å²) in [6, 6.07) is 13.7. The first-order valence-corrected chi connectivity index (χ1v) is 8.35. The van der Waals surface area contributed by atoms with E-state index in [1.807, 2.05) is 54.4 Å². The molecule has 0 unspecified atom stereocenters. The average Bonchev–Trinajstić information content (AvgIpc) is 2.66. The van der Waals surface area contributed by atoms with Crippen LogP contribution in [-0.2, 0) is 17.9 Å². The third-order valence-electron chi connectivity index (χ3n) is 3.92. The molecule has 0 saturated heterocycles. The Morgan fingerprint density at radius 1 is 0.962 bits per heavy atom. The second-order valence-corrected chi connectivity index (χ2v) is 5.97. The monoisotopic (exact) mass is 358 g/mol. The van der Waals surface area contributed by atoms with Crippen molar-refractivity contribution >= 4 is 5.91 Å². The Kier molecular flexibility index (Phi) is 7.29. The molecular formula is C20H26N2O4. The minimum absolute atomic E-state index is 0.0443. The van der Waals surface area contributed by atoms with Gasteiger partial charge in [-0.15, -0.1) is 0 Å². The summed E-state index contributed by atoms with van der Waals surface area (Å²) in [6.45, 7) is 1.42. The van der Waals surface area contributed by atoms with Gasteiger partial charge >= 0.3 is 0 Å². The van der Waals surface area contributed by atoms with Crippen molar-refractivity contribution in [3.8, 4) is 17.2 Å². The first kappa shape index (κ1) is 19.6. The highest BCUT2D eigenvalue weighted by Gasteiger charge is 2.14. The Bertz CT molecular complexity index is 694. The Morgan fingerprint density at radius 3 is 2.12 bits per heavy atom. The number of hydrogen-bond acceptors (Lipinski definition) is 5. The summed E-state index contributed by atoms with van der Waals surface area (Å²) in [5, 5.41) is 2.92. The van der Waals surface area contributed by atoms with Crippen molar-refractivity contribution in [2.24, 2.45) is 0 Å². The van der Waals surface area contributed by atoms with Gasteiger partial charge in [0.25, 0.3) is 0 Å². The van der Waals surface area contributed by atoms with Gasteiger partial charge in [0, 0.05) is 13.1 Å². The van der Waals surface area contributed by atoms with Crippen LogP contribution in [0, 0.1) is 0 Å². The fourth-order valence-electron chi connectivity index (χ4n) is 2.69. The van der Waals surface area contributed by atoms with Gasteiger partial charge in [-0.25, -0.2) is 0 Å². The van der Waals surface area contributed by atoms with Crippen molar-refractivity contribution in [1.29, 1.82) is 0 Å². The summed E-state index contributed by atoms with van der Waals surface area (Å²) in [4.78, 5) is 14.2. The molecule has 2 rings (SSSR count). The molecule has 0 aromatic heterocycles. The van der Waals surface area contributed by atoms with Gasteiger partial charge in [-0.3, -0.25) is 9.69 Å². The van der Waals surface area contributed by atoms with Gasteiger partial charge in [0.2, 0.25) is 11.7 Å². The van der Waals surface area contributed by atoms with Crippen LogP contribution in [0.2, 0.25) is 0 Å². The number of hydrogen-bond donors (Lipinski definition) is 1. The summed E-state index contributed by atoms with van der Waals surface area (Å²) < 4.78 is 16.0. The van der Waals surface area contributed by atoms with E-state index < -0.39 is 0 Å². The van der Waals surface area contributed by atoms with E-state index in [0.29, 0.717) is 30.3 Å². The summed E-state index contributed by atoms with van der Waals surface area (Å²) in [6.07, 6.45) is 0. The maximum absolute atomic E-state index is 12.2. The highest BCUT2D eigenvalue weighted by molar-refractivity contribution is 5.78. The van der Waals surface area contributed by atoms with E-state index in [1.54, 1.807) is 21.3 Å². The van der Waals surface area contributed by atoms with Gasteiger partial charge in [-0.2, -0.15) is 0 Å². The molecule has 1 amide bonds. The van der Waals surface area contributed by atoms with Gasteiger partial charge in [-0.1, -0.05) is 30.3 Å². The van der Waals surface area contributed by atoms with Crippen molar-refractivity contribution in [3.05, 3.63) is 53.6 Å². The van der Waals surface area contributed by atoms with Crippen LogP contribution in [0.15, 0.2) is 42.5 Å². The summed E-state index contributed by atoms with van der Waals surface area (Å²) >= 11 is 0. The van der Waals surface area contributed by atoms with Gasteiger partial charge in [0.1, 0.15) is 0 Å². The molecule has 0 fully saturated rings. The number of ether oxygens (including phenoxy) is 3. The van der Waals surface area contributed by atoms with Crippen molar-refractivity contribution in [2.45, 2.75) is 13.1 Å². The SMILES string of the molecule is COc1cc(CNC(=O)CN(C)Cc2ccccc2)cc(OC)c1OC. The van der Waals surface area contributed by atoms with Crippen LogP contribution in [0.5, 0.6) is 17.2 Å². The van der Waals surface area contributed by atoms with E-state index >= 15 is 0 Å². The molecule has 6 heteroatoms. The van der Waals surface area contributed by atoms with Crippen LogP contribution < -0.4 is 19.5 Å². The lowest BCUT2D eigenvalue weighted by molar-refractivity contribution is -0.122. The second kappa shape index (κ2) is 9.68. The largest absolute Gasteiger partial charge is 0.493 e. The molecule has 0 radical (unpaired) electrons. The normalized spacial score (nSPS) is 10.5. The highest BCUT2D eigenvalue weighted by atomic mass is 16.5. The van der Waals surface area contributed by atoms with Crippen molar-refractivity contribution < 1.29 is 19.0 Å². The fourth-order valence-corrected chi connectivity index (χ4v) is 2.69. The number of methoxy groups -OCH3 is 3. The lowest BCUT2D eigenvalue weighted by atomic mass is 10.1. The van der Waals surface area contributed by atoms with Gasteiger partial charge in [0.05, 0.1) is 27.9 Å². The lowest BCUT2D eigenvalue weighted by Crippen LogP contribution is -2.34. The van der Waals surface area contributed by atoms with Crippen molar-refractivity contribution in [1.82, 2.24) is 10.2 Å². The number of carbonyl (C=O) groups is 1. The first-order valence-electron chi connectivity index (χ1n) is 8.35. The fraction of sp³-hybridized carbons (Fsp3) is 0.350. The van der Waals surface area contributed by atoms with Crippen molar-refractivity contribution in [3.63, 3.8) is 0 Å². The van der Waals surface area contributed by atoms with Crippen LogP contribution in [-0.4, -0.2) is 45.7 Å². The molecule has 0 aliphatic carbocycles. The van der Waals surface area contributed by atoms with E-state index in [1.165, 1.54) is 5.56 Å². The third-order valence-corrected chi connectivity index (χ3v) is 3.92. The van der Waals surface area contributed by atoms with Crippen LogP contribution >= 0.6 is 0 Å². The summed E-state index contributed by atoms with van der Waals surface area (Å²) in [7, 11) is 6.62. The van der Waals surface area contributed by atoms with Gasteiger partial charge < -0.3 is 19.5 Å². The zero-order valence-electron chi connectivity index (χ0n) is 15.7. The number of nitrogens with zero attached hydrogens (tertiary/aromatic N) is 1. The number of carbonyl (C=O) groups excluding carboxylic acids is 1. The van der Waals surface area contributed by atoms with Gasteiger partial charge in [0.15, 0.2) is 11.5 Å². The molecule has 0 saturated carbocycles. The van der Waals surface area contributed by atoms with Crippen LogP contribution in [0.1, 0.15) is 11.1 Å². The molecule has 0 aliphatic rings. The van der Waals surface area contributed by atoms with E-state index in [4.69, 9.17) is 14.2 Å². The van der Waals surface area contributed by atoms with E-state index in [9.17, 15) is 4.79 Å². The van der Waals surface area contributed by atoms with Crippen LogP contribution in [0.3, 0.4) is 0 Å². The Morgan fingerprint density at radius 2 is 1.58 bits per heavy atom. The predicted molar refractivity (Wildman–Crippen MR) is 101 cm³/mol. The lowest BCUT2D eigenvalue weighted by Gasteiger charge is -2.17. The Balaban J connectivity index is 1.92. The molecule has 2 aromatic rings. The first-order chi connectivity index (χ1) is 12.6. The molecule has 0 atom stereocenters. The zero-order valence-corrected chi connectivity index (χ0v) is 15.7. The van der Waals surface area contributed by atoms with Crippen LogP contribution in [0.25, 0.3) is 0 Å². The van der Waals surface area contributed by atoms with Crippen molar-refractivity contribution in [2.75, 3.05) is 34.9 Å². The molecule has 0 heterocycles. The minimum Gasteiger partial charge on any atom is -0.493 e. The zero-order chi connectivity index (χ0) is 18.9.